The van der Waals surface area contributed by atoms with E-state index in [1.165, 1.54) is 5.56 Å². The van der Waals surface area contributed by atoms with Crippen molar-refractivity contribution < 1.29 is 9.47 Å². The molecule has 2 aromatic rings. The molecule has 0 amide bonds. The summed E-state index contributed by atoms with van der Waals surface area (Å²) in [4.78, 5) is 0. The number of hydrogen-bond donors (Lipinski definition) is 1. The number of nitrogens with one attached hydrogen (secondary N) is 1. The Morgan fingerprint density at radius 1 is 1.00 bits per heavy atom. The first-order valence-electron chi connectivity index (χ1n) is 6.74. The molecule has 2 aromatic carbocycles. The third-order valence-electron chi connectivity index (χ3n) is 3.39. The highest BCUT2D eigenvalue weighted by atomic mass is 16.5. The summed E-state index contributed by atoms with van der Waals surface area (Å²) in [5.74, 6) is 1.80. The van der Waals surface area contributed by atoms with Gasteiger partial charge in [-0.1, -0.05) is 30.3 Å². The normalized spacial score (nSPS) is 11.9. The van der Waals surface area contributed by atoms with Crippen LogP contribution in [-0.4, -0.2) is 14.2 Å². The molecule has 3 nitrogen and oxygen atoms in total. The maximum absolute atomic E-state index is 5.36. The van der Waals surface area contributed by atoms with Crippen molar-refractivity contribution in [3.05, 3.63) is 59.7 Å². The van der Waals surface area contributed by atoms with Crippen LogP contribution in [0.5, 0.6) is 11.5 Å². The second-order valence-corrected chi connectivity index (χ2v) is 4.69. The lowest BCUT2D eigenvalue weighted by Crippen LogP contribution is -2.18. The molecule has 20 heavy (non-hydrogen) atoms. The van der Waals surface area contributed by atoms with Crippen LogP contribution < -0.4 is 14.8 Å². The Bertz CT molecular complexity index is 554. The van der Waals surface area contributed by atoms with E-state index in [2.05, 4.69) is 30.4 Å². The lowest BCUT2D eigenvalue weighted by atomic mass is 10.1. The van der Waals surface area contributed by atoms with Gasteiger partial charge in [-0.05, 0) is 30.7 Å². The molecule has 0 heterocycles. The predicted molar refractivity (Wildman–Crippen MR) is 81.2 cm³/mol. The van der Waals surface area contributed by atoms with Crippen molar-refractivity contribution in [1.82, 2.24) is 5.32 Å². The van der Waals surface area contributed by atoms with Crippen LogP contribution in [0.1, 0.15) is 24.1 Å². The molecule has 1 unspecified atom stereocenters. The molecule has 1 atom stereocenters. The minimum Gasteiger partial charge on any atom is -0.497 e. The van der Waals surface area contributed by atoms with Crippen LogP contribution >= 0.6 is 0 Å². The zero-order valence-corrected chi connectivity index (χ0v) is 12.2. The molecule has 2 rings (SSSR count). The van der Waals surface area contributed by atoms with E-state index in [0.717, 1.165) is 23.6 Å². The van der Waals surface area contributed by atoms with E-state index in [0.29, 0.717) is 0 Å². The third-order valence-corrected chi connectivity index (χ3v) is 3.39. The molecule has 0 aromatic heterocycles. The number of benzene rings is 2. The van der Waals surface area contributed by atoms with Crippen molar-refractivity contribution in [3.8, 4) is 11.5 Å². The summed E-state index contributed by atoms with van der Waals surface area (Å²) in [6.45, 7) is 2.91. The number of para-hydroxylation sites is 1. The van der Waals surface area contributed by atoms with Gasteiger partial charge in [-0.2, -0.15) is 0 Å². The molecule has 0 spiro atoms. The topological polar surface area (TPSA) is 30.5 Å². The highest BCUT2D eigenvalue weighted by molar-refractivity contribution is 5.34. The van der Waals surface area contributed by atoms with E-state index < -0.39 is 0 Å². The van der Waals surface area contributed by atoms with Crippen molar-refractivity contribution in [1.29, 1.82) is 0 Å². The largest absolute Gasteiger partial charge is 0.497 e. The molecule has 1 N–H and O–H groups in total. The van der Waals surface area contributed by atoms with Crippen molar-refractivity contribution in [3.63, 3.8) is 0 Å². The van der Waals surface area contributed by atoms with E-state index >= 15 is 0 Å². The van der Waals surface area contributed by atoms with Crippen molar-refractivity contribution in [2.24, 2.45) is 0 Å². The van der Waals surface area contributed by atoms with Crippen LogP contribution in [0, 0.1) is 0 Å². The number of hydrogen-bond acceptors (Lipinski definition) is 3. The molecule has 0 fully saturated rings. The van der Waals surface area contributed by atoms with Crippen molar-refractivity contribution >= 4 is 0 Å². The Kier molecular flexibility index (Phi) is 5.02. The SMILES string of the molecule is COc1cccc(C(C)NCc2ccccc2OC)c1. The van der Waals surface area contributed by atoms with Crippen LogP contribution in [0.3, 0.4) is 0 Å². The van der Waals surface area contributed by atoms with Gasteiger partial charge in [0.25, 0.3) is 0 Å². The number of methoxy groups -OCH3 is 2. The van der Waals surface area contributed by atoms with E-state index in [-0.39, 0.29) is 6.04 Å². The number of ether oxygens (including phenoxy) is 2. The van der Waals surface area contributed by atoms with E-state index in [4.69, 9.17) is 9.47 Å². The summed E-state index contributed by atoms with van der Waals surface area (Å²) in [5.41, 5.74) is 2.36. The Balaban J connectivity index is 2.02. The van der Waals surface area contributed by atoms with Crippen LogP contribution in [0.4, 0.5) is 0 Å². The summed E-state index contributed by atoms with van der Waals surface area (Å²) in [7, 11) is 3.39. The fraction of sp³-hybridized carbons (Fsp3) is 0.294. The van der Waals surface area contributed by atoms with Gasteiger partial charge in [0, 0.05) is 18.2 Å². The first-order valence-corrected chi connectivity index (χ1v) is 6.74. The lowest BCUT2D eigenvalue weighted by molar-refractivity contribution is 0.405. The van der Waals surface area contributed by atoms with Crippen molar-refractivity contribution in [2.75, 3.05) is 14.2 Å². The Hall–Kier alpha value is -2.00. The molecule has 0 aliphatic carbocycles. The van der Waals surface area contributed by atoms with Gasteiger partial charge in [-0.3, -0.25) is 0 Å². The molecule has 0 aliphatic rings. The summed E-state index contributed by atoms with van der Waals surface area (Å²) in [6, 6.07) is 16.4. The average Bonchev–Trinajstić information content (AvgIpc) is 2.52. The maximum Gasteiger partial charge on any atom is 0.123 e. The maximum atomic E-state index is 5.36. The van der Waals surface area contributed by atoms with Gasteiger partial charge in [-0.25, -0.2) is 0 Å². The van der Waals surface area contributed by atoms with Gasteiger partial charge in [0.1, 0.15) is 11.5 Å². The van der Waals surface area contributed by atoms with E-state index in [1.807, 2.05) is 30.3 Å². The van der Waals surface area contributed by atoms with Gasteiger partial charge < -0.3 is 14.8 Å². The summed E-state index contributed by atoms with van der Waals surface area (Å²) in [5, 5.41) is 3.51. The Morgan fingerprint density at radius 2 is 1.80 bits per heavy atom. The van der Waals surface area contributed by atoms with Crippen molar-refractivity contribution in [2.45, 2.75) is 19.5 Å². The highest BCUT2D eigenvalue weighted by Crippen LogP contribution is 2.21. The van der Waals surface area contributed by atoms with E-state index in [9.17, 15) is 0 Å². The first-order chi connectivity index (χ1) is 9.74. The second kappa shape index (κ2) is 6.96. The van der Waals surface area contributed by atoms with Gasteiger partial charge in [0.15, 0.2) is 0 Å². The molecular weight excluding hydrogens is 250 g/mol. The van der Waals surface area contributed by atoms with Crippen LogP contribution in [0.25, 0.3) is 0 Å². The highest BCUT2D eigenvalue weighted by Gasteiger charge is 2.07. The Morgan fingerprint density at radius 3 is 2.55 bits per heavy atom. The zero-order valence-electron chi connectivity index (χ0n) is 12.2. The van der Waals surface area contributed by atoms with Gasteiger partial charge in [-0.15, -0.1) is 0 Å². The molecular formula is C17H21NO2. The summed E-state index contributed by atoms with van der Waals surface area (Å²) >= 11 is 0. The molecule has 3 heteroatoms. The Labute approximate surface area is 120 Å². The monoisotopic (exact) mass is 271 g/mol. The quantitative estimate of drug-likeness (QED) is 0.871. The second-order valence-electron chi connectivity index (χ2n) is 4.69. The van der Waals surface area contributed by atoms with Crippen LogP contribution in [-0.2, 0) is 6.54 Å². The predicted octanol–water partition coefficient (Wildman–Crippen LogP) is 3.55. The molecule has 0 bridgehead atoms. The number of rotatable bonds is 6. The van der Waals surface area contributed by atoms with Crippen LogP contribution in [0.2, 0.25) is 0 Å². The molecule has 0 saturated carbocycles. The summed E-state index contributed by atoms with van der Waals surface area (Å²) in [6.07, 6.45) is 0. The molecule has 106 valence electrons. The van der Waals surface area contributed by atoms with Crippen LogP contribution in [0.15, 0.2) is 48.5 Å². The molecule has 0 aliphatic heterocycles. The zero-order chi connectivity index (χ0) is 14.4. The van der Waals surface area contributed by atoms with Gasteiger partial charge in [0.05, 0.1) is 14.2 Å². The van der Waals surface area contributed by atoms with E-state index in [1.54, 1.807) is 14.2 Å². The fourth-order valence-electron chi connectivity index (χ4n) is 2.14. The lowest BCUT2D eigenvalue weighted by Gasteiger charge is -2.16. The molecule has 0 radical (unpaired) electrons. The smallest absolute Gasteiger partial charge is 0.123 e. The standard InChI is InChI=1S/C17H21NO2/c1-13(14-8-6-9-16(11-14)19-2)18-12-15-7-4-5-10-17(15)20-3/h4-11,13,18H,12H2,1-3H3. The minimum absolute atomic E-state index is 0.245. The first kappa shape index (κ1) is 14.4. The van der Waals surface area contributed by atoms with Gasteiger partial charge in [0.2, 0.25) is 0 Å². The summed E-state index contributed by atoms with van der Waals surface area (Å²) < 4.78 is 10.6. The fourth-order valence-corrected chi connectivity index (χ4v) is 2.14. The van der Waals surface area contributed by atoms with Gasteiger partial charge >= 0.3 is 0 Å². The minimum atomic E-state index is 0.245. The molecule has 0 saturated heterocycles. The average molecular weight is 271 g/mol. The third kappa shape index (κ3) is 3.52.